The molecule has 0 radical (unpaired) electrons. The van der Waals surface area contributed by atoms with Crippen LogP contribution in [0, 0.1) is 17.0 Å². The number of thiocarbonyl (C=S) groups is 1. The lowest BCUT2D eigenvalue weighted by Gasteiger charge is -2.14. The van der Waals surface area contributed by atoms with E-state index < -0.39 is 4.92 Å². The maximum absolute atomic E-state index is 10.9. The summed E-state index contributed by atoms with van der Waals surface area (Å²) in [5, 5.41) is 17.4. The molecule has 0 saturated heterocycles. The summed E-state index contributed by atoms with van der Waals surface area (Å²) in [7, 11) is 0. The zero-order valence-electron chi connectivity index (χ0n) is 12.4. The molecule has 114 valence electrons. The van der Waals surface area contributed by atoms with E-state index in [9.17, 15) is 10.1 Å². The Morgan fingerprint density at radius 3 is 2.55 bits per heavy atom. The predicted octanol–water partition coefficient (Wildman–Crippen LogP) is 4.27. The SMILES string of the molecule is CCc1ccccc1NC(=S)Nc1cc([N+](=O)[O-])ccc1C. The first kappa shape index (κ1) is 15.9. The number of benzene rings is 2. The topological polar surface area (TPSA) is 67.2 Å². The van der Waals surface area contributed by atoms with Gasteiger partial charge in [-0.2, -0.15) is 0 Å². The van der Waals surface area contributed by atoms with Gasteiger partial charge in [-0.1, -0.05) is 31.2 Å². The van der Waals surface area contributed by atoms with Crippen molar-refractivity contribution in [2.45, 2.75) is 20.3 Å². The number of rotatable bonds is 4. The van der Waals surface area contributed by atoms with Crippen LogP contribution in [0.1, 0.15) is 18.1 Å². The maximum atomic E-state index is 10.9. The van der Waals surface area contributed by atoms with Crippen LogP contribution >= 0.6 is 12.2 Å². The number of nitrogens with one attached hydrogen (secondary N) is 2. The molecule has 0 atom stereocenters. The summed E-state index contributed by atoms with van der Waals surface area (Å²) < 4.78 is 0. The van der Waals surface area contributed by atoms with Crippen molar-refractivity contribution < 1.29 is 4.92 Å². The third-order valence-corrected chi connectivity index (χ3v) is 3.53. The van der Waals surface area contributed by atoms with E-state index in [2.05, 4.69) is 17.6 Å². The summed E-state index contributed by atoms with van der Waals surface area (Å²) in [5.74, 6) is 0. The zero-order valence-corrected chi connectivity index (χ0v) is 13.2. The first-order chi connectivity index (χ1) is 10.5. The molecular formula is C16H17N3O2S. The van der Waals surface area contributed by atoms with Gasteiger partial charge in [0.2, 0.25) is 0 Å². The van der Waals surface area contributed by atoms with E-state index in [1.54, 1.807) is 6.07 Å². The highest BCUT2D eigenvalue weighted by atomic mass is 32.1. The molecule has 6 heteroatoms. The van der Waals surface area contributed by atoms with Gasteiger partial charge < -0.3 is 10.6 Å². The summed E-state index contributed by atoms with van der Waals surface area (Å²) in [6.45, 7) is 3.94. The second-order valence-corrected chi connectivity index (χ2v) is 5.25. The molecule has 2 aromatic rings. The minimum atomic E-state index is -0.423. The molecule has 0 heterocycles. The molecule has 0 unspecified atom stereocenters. The minimum Gasteiger partial charge on any atom is -0.332 e. The first-order valence-corrected chi connectivity index (χ1v) is 7.33. The van der Waals surface area contributed by atoms with Gasteiger partial charge in [0, 0.05) is 23.5 Å². The molecule has 0 saturated carbocycles. The Hall–Kier alpha value is -2.47. The van der Waals surface area contributed by atoms with E-state index in [4.69, 9.17) is 12.2 Å². The van der Waals surface area contributed by atoms with Crippen LogP contribution in [0.3, 0.4) is 0 Å². The van der Waals surface area contributed by atoms with E-state index in [1.165, 1.54) is 12.1 Å². The highest BCUT2D eigenvalue weighted by Crippen LogP contribution is 2.22. The summed E-state index contributed by atoms with van der Waals surface area (Å²) in [4.78, 5) is 10.4. The van der Waals surface area contributed by atoms with Gasteiger partial charge >= 0.3 is 0 Å². The van der Waals surface area contributed by atoms with Crippen LogP contribution in [0.2, 0.25) is 0 Å². The van der Waals surface area contributed by atoms with Crippen molar-refractivity contribution >= 4 is 34.4 Å². The lowest BCUT2D eigenvalue weighted by molar-refractivity contribution is -0.384. The Kier molecular flexibility index (Phi) is 5.06. The zero-order chi connectivity index (χ0) is 16.1. The molecular weight excluding hydrogens is 298 g/mol. The Morgan fingerprint density at radius 2 is 1.86 bits per heavy atom. The number of nitro benzene ring substituents is 1. The van der Waals surface area contributed by atoms with Crippen molar-refractivity contribution in [1.82, 2.24) is 0 Å². The van der Waals surface area contributed by atoms with E-state index in [0.29, 0.717) is 10.8 Å². The fourth-order valence-electron chi connectivity index (χ4n) is 2.08. The molecule has 0 spiro atoms. The van der Waals surface area contributed by atoms with Gasteiger partial charge in [-0.3, -0.25) is 10.1 Å². The van der Waals surface area contributed by atoms with Crippen molar-refractivity contribution in [2.24, 2.45) is 0 Å². The lowest BCUT2D eigenvalue weighted by Crippen LogP contribution is -2.20. The Morgan fingerprint density at radius 1 is 1.18 bits per heavy atom. The van der Waals surface area contributed by atoms with Crippen molar-refractivity contribution in [2.75, 3.05) is 10.6 Å². The number of aryl methyl sites for hydroxylation is 2. The minimum absolute atomic E-state index is 0.0323. The molecule has 0 bridgehead atoms. The quantitative estimate of drug-likeness (QED) is 0.501. The molecule has 0 aliphatic carbocycles. The normalized spacial score (nSPS) is 10.1. The van der Waals surface area contributed by atoms with Gasteiger partial charge in [0.25, 0.3) is 5.69 Å². The number of nitro groups is 1. The largest absolute Gasteiger partial charge is 0.332 e. The molecule has 0 aliphatic heterocycles. The average molecular weight is 315 g/mol. The van der Waals surface area contributed by atoms with Crippen LogP contribution < -0.4 is 10.6 Å². The fraction of sp³-hybridized carbons (Fsp3) is 0.188. The van der Waals surface area contributed by atoms with Gasteiger partial charge in [-0.05, 0) is 42.8 Å². The molecule has 2 rings (SSSR count). The number of hydrogen-bond acceptors (Lipinski definition) is 3. The summed E-state index contributed by atoms with van der Waals surface area (Å²) in [5.41, 5.74) is 3.64. The molecule has 5 nitrogen and oxygen atoms in total. The van der Waals surface area contributed by atoms with Gasteiger partial charge in [-0.25, -0.2) is 0 Å². The third-order valence-electron chi connectivity index (χ3n) is 3.33. The second kappa shape index (κ2) is 7.00. The summed E-state index contributed by atoms with van der Waals surface area (Å²) in [6, 6.07) is 12.5. The van der Waals surface area contributed by atoms with E-state index >= 15 is 0 Å². The summed E-state index contributed by atoms with van der Waals surface area (Å²) in [6.07, 6.45) is 0.890. The molecule has 2 aromatic carbocycles. The van der Waals surface area contributed by atoms with E-state index in [-0.39, 0.29) is 5.69 Å². The van der Waals surface area contributed by atoms with Crippen molar-refractivity contribution in [3.8, 4) is 0 Å². The lowest BCUT2D eigenvalue weighted by atomic mass is 10.1. The summed E-state index contributed by atoms with van der Waals surface area (Å²) >= 11 is 5.30. The van der Waals surface area contributed by atoms with Gasteiger partial charge in [-0.15, -0.1) is 0 Å². The molecule has 0 aliphatic rings. The van der Waals surface area contributed by atoms with Crippen molar-refractivity contribution in [1.29, 1.82) is 0 Å². The van der Waals surface area contributed by atoms with Crippen LogP contribution in [-0.2, 0) is 6.42 Å². The molecule has 0 aromatic heterocycles. The van der Waals surface area contributed by atoms with Crippen LogP contribution in [-0.4, -0.2) is 10.0 Å². The molecule has 22 heavy (non-hydrogen) atoms. The first-order valence-electron chi connectivity index (χ1n) is 6.92. The Balaban J connectivity index is 2.15. The van der Waals surface area contributed by atoms with Crippen LogP contribution in [0.4, 0.5) is 17.1 Å². The van der Waals surface area contributed by atoms with Crippen molar-refractivity contribution in [3.63, 3.8) is 0 Å². The van der Waals surface area contributed by atoms with E-state index in [1.807, 2.05) is 31.2 Å². The third kappa shape index (κ3) is 3.79. The number of para-hydroxylation sites is 1. The number of nitrogens with zero attached hydrogens (tertiary/aromatic N) is 1. The average Bonchev–Trinajstić information content (AvgIpc) is 2.49. The number of non-ortho nitro benzene ring substituents is 1. The van der Waals surface area contributed by atoms with Crippen LogP contribution in [0.25, 0.3) is 0 Å². The highest BCUT2D eigenvalue weighted by Gasteiger charge is 2.10. The smallest absolute Gasteiger partial charge is 0.271 e. The Labute approximate surface area is 134 Å². The van der Waals surface area contributed by atoms with Crippen LogP contribution in [0.5, 0.6) is 0 Å². The monoisotopic (exact) mass is 315 g/mol. The Bertz CT molecular complexity index is 716. The van der Waals surface area contributed by atoms with Gasteiger partial charge in [0.15, 0.2) is 5.11 Å². The van der Waals surface area contributed by atoms with Gasteiger partial charge in [0.1, 0.15) is 0 Å². The number of anilines is 2. The molecule has 2 N–H and O–H groups in total. The maximum Gasteiger partial charge on any atom is 0.271 e. The van der Waals surface area contributed by atoms with Crippen LogP contribution in [0.15, 0.2) is 42.5 Å². The van der Waals surface area contributed by atoms with Crippen molar-refractivity contribution in [3.05, 3.63) is 63.7 Å². The fourth-order valence-corrected chi connectivity index (χ4v) is 2.30. The standard InChI is InChI=1S/C16H17N3O2S/c1-3-12-6-4-5-7-14(12)17-16(22)18-15-10-13(19(20)21)9-8-11(15)2/h4-10H,3H2,1-2H3,(H2,17,18,22). The number of hydrogen-bond donors (Lipinski definition) is 2. The highest BCUT2D eigenvalue weighted by molar-refractivity contribution is 7.80. The second-order valence-electron chi connectivity index (χ2n) is 4.85. The van der Waals surface area contributed by atoms with E-state index in [0.717, 1.165) is 23.2 Å². The molecule has 0 amide bonds. The molecule has 0 fully saturated rings. The van der Waals surface area contributed by atoms with Gasteiger partial charge in [0.05, 0.1) is 4.92 Å². The predicted molar refractivity (Wildman–Crippen MR) is 93.5 cm³/mol.